The third-order valence-electron chi connectivity index (χ3n) is 3.22. The van der Waals surface area contributed by atoms with Crippen LogP contribution in [0.5, 0.6) is 0 Å². The molecule has 0 aliphatic heterocycles. The SMILES string of the molecule is C#CC(O)C=C1c2ccccc2-c2ccccc21. The molecule has 0 fully saturated rings. The quantitative estimate of drug-likeness (QED) is 0.639. The standard InChI is InChI=1S/C17H12O/c1-2-12(18)11-17-15-9-5-3-7-13(15)14-8-4-6-10-16(14)17/h1,3-12,18H. The summed E-state index contributed by atoms with van der Waals surface area (Å²) in [6.45, 7) is 0. The lowest BCUT2D eigenvalue weighted by Gasteiger charge is -2.03. The predicted molar refractivity (Wildman–Crippen MR) is 73.8 cm³/mol. The van der Waals surface area contributed by atoms with Gasteiger partial charge in [0.05, 0.1) is 0 Å². The minimum atomic E-state index is -0.848. The second-order valence-electron chi connectivity index (χ2n) is 4.28. The highest BCUT2D eigenvalue weighted by molar-refractivity contribution is 6.01. The third-order valence-corrected chi connectivity index (χ3v) is 3.22. The fraction of sp³-hybridized carbons (Fsp3) is 0.0588. The molecule has 0 saturated carbocycles. The summed E-state index contributed by atoms with van der Waals surface area (Å²) in [6.07, 6.45) is 6.14. The summed E-state index contributed by atoms with van der Waals surface area (Å²) in [4.78, 5) is 0. The van der Waals surface area contributed by atoms with E-state index >= 15 is 0 Å². The molecule has 0 spiro atoms. The molecule has 1 unspecified atom stereocenters. The average Bonchev–Trinajstić information content (AvgIpc) is 2.74. The predicted octanol–water partition coefficient (Wildman–Crippen LogP) is 3.09. The molecule has 1 aliphatic carbocycles. The third kappa shape index (κ3) is 1.55. The van der Waals surface area contributed by atoms with Crippen molar-refractivity contribution in [3.05, 3.63) is 65.7 Å². The molecule has 1 heteroatoms. The maximum Gasteiger partial charge on any atom is 0.134 e. The van der Waals surface area contributed by atoms with Gasteiger partial charge in [0.2, 0.25) is 0 Å². The van der Waals surface area contributed by atoms with Crippen molar-refractivity contribution < 1.29 is 5.11 Å². The average molecular weight is 232 g/mol. The van der Waals surface area contributed by atoms with Crippen LogP contribution < -0.4 is 0 Å². The van der Waals surface area contributed by atoms with Crippen LogP contribution in [0.25, 0.3) is 16.7 Å². The van der Waals surface area contributed by atoms with E-state index in [1.165, 1.54) is 11.1 Å². The lowest BCUT2D eigenvalue weighted by molar-refractivity contribution is 0.281. The van der Waals surface area contributed by atoms with Crippen LogP contribution in [0, 0.1) is 12.3 Å². The van der Waals surface area contributed by atoms with Crippen molar-refractivity contribution >= 4 is 5.57 Å². The molecule has 0 amide bonds. The summed E-state index contributed by atoms with van der Waals surface area (Å²) in [6, 6.07) is 16.4. The minimum absolute atomic E-state index is 0.848. The number of hydrogen-bond donors (Lipinski definition) is 1. The first kappa shape index (κ1) is 10.8. The molecule has 18 heavy (non-hydrogen) atoms. The van der Waals surface area contributed by atoms with E-state index in [4.69, 9.17) is 6.42 Å². The summed E-state index contributed by atoms with van der Waals surface area (Å²) < 4.78 is 0. The van der Waals surface area contributed by atoms with E-state index in [1.54, 1.807) is 6.08 Å². The van der Waals surface area contributed by atoms with Crippen molar-refractivity contribution in [2.75, 3.05) is 0 Å². The van der Waals surface area contributed by atoms with Crippen LogP contribution in [0.3, 0.4) is 0 Å². The summed E-state index contributed by atoms with van der Waals surface area (Å²) >= 11 is 0. The van der Waals surface area contributed by atoms with Crippen molar-refractivity contribution in [3.8, 4) is 23.5 Å². The molecule has 0 heterocycles. The van der Waals surface area contributed by atoms with E-state index in [0.717, 1.165) is 16.7 Å². The van der Waals surface area contributed by atoms with Crippen molar-refractivity contribution in [2.24, 2.45) is 0 Å². The molecule has 1 aliphatic rings. The van der Waals surface area contributed by atoms with Gasteiger partial charge in [-0.05, 0) is 33.9 Å². The number of terminal acetylenes is 1. The highest BCUT2D eigenvalue weighted by Gasteiger charge is 2.22. The lowest BCUT2D eigenvalue weighted by Crippen LogP contribution is -1.98. The number of hydrogen-bond acceptors (Lipinski definition) is 1. The van der Waals surface area contributed by atoms with Crippen LogP contribution in [-0.2, 0) is 0 Å². The number of rotatable bonds is 1. The highest BCUT2D eigenvalue weighted by Crippen LogP contribution is 2.43. The van der Waals surface area contributed by atoms with Gasteiger partial charge in [-0.3, -0.25) is 0 Å². The smallest absolute Gasteiger partial charge is 0.134 e. The van der Waals surface area contributed by atoms with Crippen LogP contribution >= 0.6 is 0 Å². The largest absolute Gasteiger partial charge is 0.377 e. The van der Waals surface area contributed by atoms with Crippen molar-refractivity contribution in [3.63, 3.8) is 0 Å². The summed E-state index contributed by atoms with van der Waals surface area (Å²) in [5.74, 6) is 2.33. The van der Waals surface area contributed by atoms with Gasteiger partial charge in [0.1, 0.15) is 6.10 Å². The van der Waals surface area contributed by atoms with Gasteiger partial charge in [0.25, 0.3) is 0 Å². The normalized spacial score (nSPS) is 13.4. The zero-order chi connectivity index (χ0) is 12.5. The Morgan fingerprint density at radius 1 is 0.889 bits per heavy atom. The molecule has 0 radical (unpaired) electrons. The minimum Gasteiger partial charge on any atom is -0.377 e. The Morgan fingerprint density at radius 3 is 1.78 bits per heavy atom. The molecule has 86 valence electrons. The van der Waals surface area contributed by atoms with E-state index in [-0.39, 0.29) is 0 Å². The molecule has 1 nitrogen and oxygen atoms in total. The Kier molecular flexibility index (Phi) is 2.51. The van der Waals surface area contributed by atoms with Crippen LogP contribution in [0.15, 0.2) is 54.6 Å². The Bertz CT molecular complexity index is 627. The van der Waals surface area contributed by atoms with Gasteiger partial charge in [-0.25, -0.2) is 0 Å². The second-order valence-corrected chi connectivity index (χ2v) is 4.28. The molecule has 0 bridgehead atoms. The number of benzene rings is 2. The van der Waals surface area contributed by atoms with Crippen molar-refractivity contribution in [1.82, 2.24) is 0 Å². The van der Waals surface area contributed by atoms with Crippen molar-refractivity contribution in [1.29, 1.82) is 0 Å². The first-order chi connectivity index (χ1) is 8.81. The fourth-order valence-corrected chi connectivity index (χ4v) is 2.44. The maximum absolute atomic E-state index is 9.66. The van der Waals surface area contributed by atoms with E-state index in [1.807, 2.05) is 24.3 Å². The Balaban J connectivity index is 2.28. The van der Waals surface area contributed by atoms with Crippen LogP contribution in [0.2, 0.25) is 0 Å². The molecular formula is C17H12O. The van der Waals surface area contributed by atoms with Gasteiger partial charge in [-0.1, -0.05) is 54.5 Å². The van der Waals surface area contributed by atoms with Crippen LogP contribution in [-0.4, -0.2) is 11.2 Å². The van der Waals surface area contributed by atoms with E-state index in [9.17, 15) is 5.11 Å². The van der Waals surface area contributed by atoms with Gasteiger partial charge < -0.3 is 5.11 Å². The van der Waals surface area contributed by atoms with E-state index in [0.29, 0.717) is 0 Å². The fourth-order valence-electron chi connectivity index (χ4n) is 2.44. The van der Waals surface area contributed by atoms with Gasteiger partial charge in [0, 0.05) is 0 Å². The Labute approximate surface area is 106 Å². The first-order valence-electron chi connectivity index (χ1n) is 5.86. The Morgan fingerprint density at radius 2 is 1.33 bits per heavy atom. The van der Waals surface area contributed by atoms with Gasteiger partial charge >= 0.3 is 0 Å². The number of aliphatic hydroxyl groups excluding tert-OH is 1. The Hall–Kier alpha value is -2.30. The van der Waals surface area contributed by atoms with Gasteiger partial charge in [-0.15, -0.1) is 6.42 Å². The van der Waals surface area contributed by atoms with Crippen LogP contribution in [0.1, 0.15) is 11.1 Å². The van der Waals surface area contributed by atoms with Gasteiger partial charge in [-0.2, -0.15) is 0 Å². The van der Waals surface area contributed by atoms with Crippen LogP contribution in [0.4, 0.5) is 0 Å². The van der Waals surface area contributed by atoms with E-state index in [2.05, 4.69) is 30.2 Å². The van der Waals surface area contributed by atoms with Crippen molar-refractivity contribution in [2.45, 2.75) is 6.10 Å². The molecule has 1 N–H and O–H groups in total. The molecule has 0 saturated heterocycles. The summed E-state index contributed by atoms with van der Waals surface area (Å²) in [7, 11) is 0. The monoisotopic (exact) mass is 232 g/mol. The van der Waals surface area contributed by atoms with Gasteiger partial charge in [0.15, 0.2) is 0 Å². The highest BCUT2D eigenvalue weighted by atomic mass is 16.3. The molecule has 2 aromatic carbocycles. The molecule has 1 atom stereocenters. The first-order valence-corrected chi connectivity index (χ1v) is 5.86. The summed E-state index contributed by atoms with van der Waals surface area (Å²) in [5, 5.41) is 9.66. The zero-order valence-corrected chi connectivity index (χ0v) is 9.80. The maximum atomic E-state index is 9.66. The summed E-state index contributed by atoms with van der Waals surface area (Å²) in [5.41, 5.74) is 5.68. The number of aliphatic hydroxyl groups is 1. The lowest BCUT2D eigenvalue weighted by atomic mass is 10.0. The number of fused-ring (bicyclic) bond motifs is 3. The molecule has 3 rings (SSSR count). The molecule has 0 aromatic heterocycles. The zero-order valence-electron chi connectivity index (χ0n) is 9.80. The topological polar surface area (TPSA) is 20.2 Å². The van der Waals surface area contributed by atoms with E-state index < -0.39 is 6.10 Å². The second kappa shape index (κ2) is 4.18. The molecule has 2 aromatic rings. The molecular weight excluding hydrogens is 220 g/mol.